The van der Waals surface area contributed by atoms with Gasteiger partial charge < -0.3 is 10.6 Å². The molecule has 1 amide bonds. The maximum atomic E-state index is 12.1. The van der Waals surface area contributed by atoms with Crippen molar-refractivity contribution in [3.63, 3.8) is 0 Å². The summed E-state index contributed by atoms with van der Waals surface area (Å²) in [5.41, 5.74) is 0. The Morgan fingerprint density at radius 3 is 2.71 bits per heavy atom. The molecule has 2 aliphatic rings. The minimum atomic E-state index is 0.204. The molecule has 1 aliphatic heterocycles. The monoisotopic (exact) mass is 238 g/mol. The zero-order chi connectivity index (χ0) is 12.3. The van der Waals surface area contributed by atoms with Crippen LogP contribution in [0.1, 0.15) is 46.0 Å². The van der Waals surface area contributed by atoms with Crippen LogP contribution in [0, 0.1) is 17.8 Å². The van der Waals surface area contributed by atoms with E-state index in [1.54, 1.807) is 0 Å². The molecule has 2 N–H and O–H groups in total. The van der Waals surface area contributed by atoms with Gasteiger partial charge in [-0.3, -0.25) is 4.79 Å². The van der Waals surface area contributed by atoms with Gasteiger partial charge in [-0.1, -0.05) is 13.8 Å². The van der Waals surface area contributed by atoms with E-state index in [-0.39, 0.29) is 11.8 Å². The number of hydrogen-bond acceptors (Lipinski definition) is 2. The number of amides is 1. The van der Waals surface area contributed by atoms with Gasteiger partial charge in [0.1, 0.15) is 0 Å². The van der Waals surface area contributed by atoms with E-state index in [9.17, 15) is 4.79 Å². The molecule has 0 aromatic carbocycles. The summed E-state index contributed by atoms with van der Waals surface area (Å²) in [6.07, 6.45) is 5.87. The molecule has 17 heavy (non-hydrogen) atoms. The molecule has 2 rings (SSSR count). The number of carbonyl (C=O) groups is 1. The summed E-state index contributed by atoms with van der Waals surface area (Å²) in [5.74, 6) is 1.95. The summed E-state index contributed by atoms with van der Waals surface area (Å²) in [6.45, 7) is 6.53. The van der Waals surface area contributed by atoms with Crippen LogP contribution < -0.4 is 10.6 Å². The Kier molecular flexibility index (Phi) is 4.43. The van der Waals surface area contributed by atoms with Crippen molar-refractivity contribution in [2.24, 2.45) is 17.8 Å². The van der Waals surface area contributed by atoms with Crippen LogP contribution in [0.15, 0.2) is 0 Å². The lowest BCUT2D eigenvalue weighted by Gasteiger charge is -2.34. The molecule has 0 radical (unpaired) electrons. The predicted octanol–water partition coefficient (Wildman–Crippen LogP) is 1.93. The van der Waals surface area contributed by atoms with Gasteiger partial charge in [-0.15, -0.1) is 0 Å². The first-order valence-electron chi connectivity index (χ1n) is 7.18. The highest BCUT2D eigenvalue weighted by Gasteiger charge is 2.29. The standard InChI is InChI=1S/C14H26N2O/c1-10-5-6-13(11(2)8-10)16-14(17)12-4-3-7-15-9-12/h10-13,15H,3-9H2,1-2H3,(H,16,17)/t10?,11?,12-,13?/m0/s1. The minimum absolute atomic E-state index is 0.204. The van der Waals surface area contributed by atoms with Crippen molar-refractivity contribution in [3.8, 4) is 0 Å². The third-order valence-corrected chi connectivity index (χ3v) is 4.43. The molecule has 0 spiro atoms. The third-order valence-electron chi connectivity index (χ3n) is 4.43. The van der Waals surface area contributed by atoms with E-state index < -0.39 is 0 Å². The fourth-order valence-electron chi connectivity index (χ4n) is 3.26. The lowest BCUT2D eigenvalue weighted by Crippen LogP contribution is -2.47. The van der Waals surface area contributed by atoms with Gasteiger partial charge in [0.2, 0.25) is 5.91 Å². The Labute approximate surface area is 105 Å². The smallest absolute Gasteiger partial charge is 0.224 e. The summed E-state index contributed by atoms with van der Waals surface area (Å²) in [5, 5.41) is 6.59. The van der Waals surface area contributed by atoms with Crippen LogP contribution in [-0.4, -0.2) is 25.0 Å². The van der Waals surface area contributed by atoms with Crippen LogP contribution in [0.4, 0.5) is 0 Å². The molecule has 0 bridgehead atoms. The fraction of sp³-hybridized carbons (Fsp3) is 0.929. The second-order valence-electron chi connectivity index (χ2n) is 6.05. The second-order valence-corrected chi connectivity index (χ2v) is 6.05. The maximum Gasteiger partial charge on any atom is 0.224 e. The normalized spacial score (nSPS) is 38.7. The Bertz CT molecular complexity index is 261. The van der Waals surface area contributed by atoms with Crippen LogP contribution in [0.25, 0.3) is 0 Å². The van der Waals surface area contributed by atoms with Crippen molar-refractivity contribution in [2.75, 3.05) is 13.1 Å². The highest BCUT2D eigenvalue weighted by atomic mass is 16.2. The molecule has 0 aromatic rings. The number of nitrogens with one attached hydrogen (secondary N) is 2. The van der Waals surface area contributed by atoms with E-state index in [4.69, 9.17) is 0 Å². The average Bonchev–Trinajstić information content (AvgIpc) is 2.34. The van der Waals surface area contributed by atoms with Crippen molar-refractivity contribution in [1.29, 1.82) is 0 Å². The van der Waals surface area contributed by atoms with Crippen molar-refractivity contribution >= 4 is 5.91 Å². The van der Waals surface area contributed by atoms with E-state index in [2.05, 4.69) is 24.5 Å². The van der Waals surface area contributed by atoms with Crippen molar-refractivity contribution in [3.05, 3.63) is 0 Å². The van der Waals surface area contributed by atoms with Gasteiger partial charge in [-0.25, -0.2) is 0 Å². The largest absolute Gasteiger partial charge is 0.353 e. The molecule has 3 nitrogen and oxygen atoms in total. The number of piperidine rings is 1. The molecule has 1 aliphatic carbocycles. The van der Waals surface area contributed by atoms with E-state index >= 15 is 0 Å². The topological polar surface area (TPSA) is 41.1 Å². The van der Waals surface area contributed by atoms with Crippen molar-refractivity contribution in [1.82, 2.24) is 10.6 Å². The van der Waals surface area contributed by atoms with E-state index in [0.29, 0.717) is 12.0 Å². The minimum Gasteiger partial charge on any atom is -0.353 e. The maximum absolute atomic E-state index is 12.1. The summed E-state index contributed by atoms with van der Waals surface area (Å²) in [7, 11) is 0. The Morgan fingerprint density at radius 1 is 1.24 bits per heavy atom. The van der Waals surface area contributed by atoms with E-state index in [1.165, 1.54) is 12.8 Å². The Balaban J connectivity index is 1.81. The van der Waals surface area contributed by atoms with Gasteiger partial charge in [0, 0.05) is 12.6 Å². The van der Waals surface area contributed by atoms with E-state index in [1.807, 2.05) is 0 Å². The molecule has 1 saturated carbocycles. The number of hydrogen-bond donors (Lipinski definition) is 2. The van der Waals surface area contributed by atoms with Crippen LogP contribution in [0.5, 0.6) is 0 Å². The zero-order valence-electron chi connectivity index (χ0n) is 11.2. The van der Waals surface area contributed by atoms with Gasteiger partial charge >= 0.3 is 0 Å². The molecule has 3 heteroatoms. The number of rotatable bonds is 2. The lowest BCUT2D eigenvalue weighted by molar-refractivity contribution is -0.126. The van der Waals surface area contributed by atoms with Crippen molar-refractivity contribution in [2.45, 2.75) is 52.0 Å². The average molecular weight is 238 g/mol. The predicted molar refractivity (Wildman–Crippen MR) is 69.7 cm³/mol. The third kappa shape index (κ3) is 3.44. The fourth-order valence-corrected chi connectivity index (χ4v) is 3.26. The second kappa shape index (κ2) is 5.85. The molecule has 98 valence electrons. The highest BCUT2D eigenvalue weighted by molar-refractivity contribution is 5.79. The molecular formula is C14H26N2O. The van der Waals surface area contributed by atoms with Crippen LogP contribution in [0.2, 0.25) is 0 Å². The molecule has 2 fully saturated rings. The van der Waals surface area contributed by atoms with Crippen molar-refractivity contribution < 1.29 is 4.79 Å². The quantitative estimate of drug-likeness (QED) is 0.772. The number of carbonyl (C=O) groups excluding carboxylic acids is 1. The summed E-state index contributed by atoms with van der Waals surface area (Å²) in [6, 6.07) is 0.417. The molecular weight excluding hydrogens is 212 g/mol. The van der Waals surface area contributed by atoms with Crippen LogP contribution in [-0.2, 0) is 4.79 Å². The van der Waals surface area contributed by atoms with Gasteiger partial charge in [-0.05, 0) is 50.5 Å². The lowest BCUT2D eigenvalue weighted by atomic mass is 9.79. The molecule has 0 aromatic heterocycles. The van der Waals surface area contributed by atoms with Crippen LogP contribution >= 0.6 is 0 Å². The van der Waals surface area contributed by atoms with Gasteiger partial charge in [0.05, 0.1) is 5.92 Å². The highest BCUT2D eigenvalue weighted by Crippen LogP contribution is 2.28. The van der Waals surface area contributed by atoms with Gasteiger partial charge in [0.25, 0.3) is 0 Å². The molecule has 3 unspecified atom stereocenters. The molecule has 1 saturated heterocycles. The summed E-state index contributed by atoms with van der Waals surface area (Å²) < 4.78 is 0. The zero-order valence-corrected chi connectivity index (χ0v) is 11.2. The Morgan fingerprint density at radius 2 is 2.06 bits per heavy atom. The summed E-state index contributed by atoms with van der Waals surface area (Å²) >= 11 is 0. The molecule has 1 heterocycles. The molecule has 4 atom stereocenters. The Hall–Kier alpha value is -0.570. The SMILES string of the molecule is CC1CCC(NC(=O)[C@H]2CCCNC2)C(C)C1. The van der Waals surface area contributed by atoms with Gasteiger partial charge in [0.15, 0.2) is 0 Å². The first-order valence-corrected chi connectivity index (χ1v) is 7.18. The first kappa shape index (κ1) is 12.9. The van der Waals surface area contributed by atoms with Gasteiger partial charge in [-0.2, -0.15) is 0 Å². The van der Waals surface area contributed by atoms with E-state index in [0.717, 1.165) is 38.3 Å². The first-order chi connectivity index (χ1) is 8.16. The summed E-state index contributed by atoms with van der Waals surface area (Å²) in [4.78, 5) is 12.1. The van der Waals surface area contributed by atoms with Crippen LogP contribution in [0.3, 0.4) is 0 Å².